The molecule has 0 amide bonds. The average Bonchev–Trinajstić information content (AvgIpc) is 2.29. The lowest BCUT2D eigenvalue weighted by atomic mass is 10.2. The molecule has 0 aliphatic heterocycles. The number of nitrogens with zero attached hydrogens (tertiary/aromatic N) is 2. The zero-order valence-corrected chi connectivity index (χ0v) is 9.79. The van der Waals surface area contributed by atoms with E-state index in [9.17, 15) is 10.1 Å². The molecule has 1 aromatic carbocycles. The highest BCUT2D eigenvalue weighted by Crippen LogP contribution is 2.26. The molecule has 0 N–H and O–H groups in total. The number of unbranched alkanes of at least 4 members (excludes halogenated alkanes) is 1. The number of nitro groups is 1. The lowest BCUT2D eigenvalue weighted by Gasteiger charge is -2.01. The summed E-state index contributed by atoms with van der Waals surface area (Å²) in [5.41, 5.74) is 0.00819. The molecule has 1 rings (SSSR count). The van der Waals surface area contributed by atoms with Gasteiger partial charge < -0.3 is 0 Å². The van der Waals surface area contributed by atoms with Gasteiger partial charge in [0, 0.05) is 11.0 Å². The monoisotopic (exact) mass is 236 g/mol. The summed E-state index contributed by atoms with van der Waals surface area (Å²) in [4.78, 5) is 11.0. The Morgan fingerprint density at radius 2 is 2.31 bits per heavy atom. The summed E-state index contributed by atoms with van der Waals surface area (Å²) in [6, 6.07) is 6.55. The third kappa shape index (κ3) is 3.24. The second-order valence-corrected chi connectivity index (χ2v) is 4.42. The Morgan fingerprint density at radius 3 is 2.88 bits per heavy atom. The smallest absolute Gasteiger partial charge is 0.258 e. The zero-order valence-electron chi connectivity index (χ0n) is 8.97. The van der Waals surface area contributed by atoms with Gasteiger partial charge in [-0.1, -0.05) is 13.3 Å². The van der Waals surface area contributed by atoms with Crippen molar-refractivity contribution in [3.63, 3.8) is 0 Å². The molecule has 0 radical (unpaired) electrons. The summed E-state index contributed by atoms with van der Waals surface area (Å²) in [6.45, 7) is 2.10. The van der Waals surface area contributed by atoms with Crippen LogP contribution in [0.25, 0.3) is 0 Å². The van der Waals surface area contributed by atoms with Crippen molar-refractivity contribution < 1.29 is 4.92 Å². The second-order valence-electron chi connectivity index (χ2n) is 3.25. The van der Waals surface area contributed by atoms with Crippen molar-refractivity contribution in [1.29, 1.82) is 5.26 Å². The Bertz CT molecular complexity index is 426. The Morgan fingerprint density at radius 1 is 1.56 bits per heavy atom. The van der Waals surface area contributed by atoms with E-state index in [0.717, 1.165) is 23.5 Å². The molecular formula is C11H12N2O2S. The first-order valence-corrected chi connectivity index (χ1v) is 5.99. The van der Waals surface area contributed by atoms with E-state index in [-0.39, 0.29) is 11.3 Å². The maximum absolute atomic E-state index is 10.7. The van der Waals surface area contributed by atoms with Gasteiger partial charge in [0.15, 0.2) is 0 Å². The first-order chi connectivity index (χ1) is 7.69. The van der Waals surface area contributed by atoms with Gasteiger partial charge in [0.25, 0.3) is 5.69 Å². The largest absolute Gasteiger partial charge is 0.288 e. The molecular weight excluding hydrogens is 224 g/mol. The minimum absolute atomic E-state index is 0.107. The van der Waals surface area contributed by atoms with Crippen LogP contribution in [-0.2, 0) is 0 Å². The van der Waals surface area contributed by atoms with E-state index in [4.69, 9.17) is 5.26 Å². The van der Waals surface area contributed by atoms with Crippen LogP contribution in [0.15, 0.2) is 23.1 Å². The number of rotatable bonds is 5. The number of hydrogen-bond acceptors (Lipinski definition) is 4. The van der Waals surface area contributed by atoms with Gasteiger partial charge in [0.2, 0.25) is 0 Å². The third-order valence-electron chi connectivity index (χ3n) is 2.05. The van der Waals surface area contributed by atoms with Gasteiger partial charge in [0.05, 0.1) is 4.92 Å². The van der Waals surface area contributed by atoms with E-state index in [1.807, 2.05) is 6.07 Å². The molecule has 0 unspecified atom stereocenters. The summed E-state index contributed by atoms with van der Waals surface area (Å²) in [6.07, 6.45) is 2.18. The molecule has 16 heavy (non-hydrogen) atoms. The van der Waals surface area contributed by atoms with Crippen molar-refractivity contribution in [2.24, 2.45) is 0 Å². The van der Waals surface area contributed by atoms with E-state index in [1.165, 1.54) is 12.1 Å². The Kier molecular flexibility index (Phi) is 4.80. The first kappa shape index (κ1) is 12.5. The molecule has 0 aromatic heterocycles. The molecule has 0 spiro atoms. The van der Waals surface area contributed by atoms with Gasteiger partial charge in [-0.05, 0) is 24.3 Å². The van der Waals surface area contributed by atoms with Crippen LogP contribution in [0, 0.1) is 21.4 Å². The maximum Gasteiger partial charge on any atom is 0.288 e. The van der Waals surface area contributed by atoms with Crippen LogP contribution in [0.2, 0.25) is 0 Å². The van der Waals surface area contributed by atoms with Crippen LogP contribution in [0.1, 0.15) is 25.3 Å². The topological polar surface area (TPSA) is 66.9 Å². The standard InChI is InChI=1S/C11H12N2O2S/c1-2-3-6-16-10-5-4-9(8-12)11(7-10)13(14)15/h4-5,7H,2-3,6H2,1H3. The highest BCUT2D eigenvalue weighted by atomic mass is 32.2. The van der Waals surface area contributed by atoms with Gasteiger partial charge in [-0.25, -0.2) is 0 Å². The molecule has 0 bridgehead atoms. The number of nitro benzene ring substituents is 1. The summed E-state index contributed by atoms with van der Waals surface area (Å²) in [5, 5.41) is 19.4. The molecule has 0 heterocycles. The number of benzene rings is 1. The molecule has 0 saturated carbocycles. The summed E-state index contributed by atoms with van der Waals surface area (Å²) in [7, 11) is 0. The Balaban J connectivity index is 2.86. The van der Waals surface area contributed by atoms with E-state index in [1.54, 1.807) is 17.8 Å². The molecule has 0 aliphatic carbocycles. The fraction of sp³-hybridized carbons (Fsp3) is 0.364. The number of hydrogen-bond donors (Lipinski definition) is 0. The van der Waals surface area contributed by atoms with Crippen molar-refractivity contribution in [2.75, 3.05) is 5.75 Å². The van der Waals surface area contributed by atoms with Gasteiger partial charge in [-0.15, -0.1) is 11.8 Å². The molecule has 5 heteroatoms. The Hall–Kier alpha value is -1.54. The normalized spacial score (nSPS) is 9.75. The van der Waals surface area contributed by atoms with Gasteiger partial charge in [-0.2, -0.15) is 5.26 Å². The molecule has 4 nitrogen and oxygen atoms in total. The highest BCUT2D eigenvalue weighted by Gasteiger charge is 2.13. The number of thioether (sulfide) groups is 1. The molecule has 1 aromatic rings. The molecule has 0 aliphatic rings. The SMILES string of the molecule is CCCCSc1ccc(C#N)c([N+](=O)[O-])c1. The highest BCUT2D eigenvalue weighted by molar-refractivity contribution is 7.99. The van der Waals surface area contributed by atoms with Gasteiger partial charge >= 0.3 is 0 Å². The van der Waals surface area contributed by atoms with Crippen LogP contribution in [-0.4, -0.2) is 10.7 Å². The van der Waals surface area contributed by atoms with Crippen molar-refractivity contribution in [3.8, 4) is 6.07 Å². The minimum Gasteiger partial charge on any atom is -0.258 e. The number of nitriles is 1. The van der Waals surface area contributed by atoms with Crippen molar-refractivity contribution >= 4 is 17.4 Å². The van der Waals surface area contributed by atoms with Gasteiger partial charge in [-0.3, -0.25) is 10.1 Å². The molecule has 84 valence electrons. The fourth-order valence-electron chi connectivity index (χ4n) is 1.18. The van der Waals surface area contributed by atoms with E-state index in [0.29, 0.717) is 0 Å². The van der Waals surface area contributed by atoms with E-state index >= 15 is 0 Å². The Labute approximate surface area is 98.4 Å². The lowest BCUT2D eigenvalue weighted by molar-refractivity contribution is -0.385. The fourth-order valence-corrected chi connectivity index (χ4v) is 2.21. The van der Waals surface area contributed by atoms with Crippen molar-refractivity contribution in [1.82, 2.24) is 0 Å². The average molecular weight is 236 g/mol. The van der Waals surface area contributed by atoms with Crippen LogP contribution in [0.3, 0.4) is 0 Å². The summed E-state index contributed by atoms with van der Waals surface area (Å²) in [5.74, 6) is 0.944. The van der Waals surface area contributed by atoms with E-state index < -0.39 is 4.92 Å². The van der Waals surface area contributed by atoms with Crippen LogP contribution in [0.4, 0.5) is 5.69 Å². The van der Waals surface area contributed by atoms with Gasteiger partial charge in [0.1, 0.15) is 11.6 Å². The van der Waals surface area contributed by atoms with Crippen LogP contribution in [0.5, 0.6) is 0 Å². The lowest BCUT2D eigenvalue weighted by Crippen LogP contribution is -1.92. The maximum atomic E-state index is 10.7. The van der Waals surface area contributed by atoms with Crippen molar-refractivity contribution in [3.05, 3.63) is 33.9 Å². The first-order valence-electron chi connectivity index (χ1n) is 5.00. The third-order valence-corrected chi connectivity index (χ3v) is 3.13. The molecule has 0 atom stereocenters. The second kappa shape index (κ2) is 6.13. The molecule has 0 saturated heterocycles. The van der Waals surface area contributed by atoms with Crippen molar-refractivity contribution in [2.45, 2.75) is 24.7 Å². The van der Waals surface area contributed by atoms with Crippen LogP contribution >= 0.6 is 11.8 Å². The molecule has 0 fully saturated rings. The predicted octanol–water partition coefficient (Wildman–Crippen LogP) is 3.36. The predicted molar refractivity (Wildman–Crippen MR) is 63.4 cm³/mol. The summed E-state index contributed by atoms with van der Waals surface area (Å²) >= 11 is 1.58. The van der Waals surface area contributed by atoms with E-state index in [2.05, 4.69) is 6.92 Å². The quantitative estimate of drug-likeness (QED) is 0.340. The van der Waals surface area contributed by atoms with Crippen LogP contribution < -0.4 is 0 Å². The summed E-state index contributed by atoms with van der Waals surface area (Å²) < 4.78 is 0. The minimum atomic E-state index is -0.511. The zero-order chi connectivity index (χ0) is 12.0.